The zero-order valence-corrected chi connectivity index (χ0v) is 13.8. The summed E-state index contributed by atoms with van der Waals surface area (Å²) in [4.78, 5) is 22.9. The van der Waals surface area contributed by atoms with E-state index >= 15 is 0 Å². The normalized spacial score (nSPS) is 12.1. The second-order valence-electron chi connectivity index (χ2n) is 6.10. The van der Waals surface area contributed by atoms with E-state index in [9.17, 15) is 9.59 Å². The molecule has 1 rings (SSSR count). The standard InChI is InChI=1S/C17H27N3O3/c1-12(2)9-15(19-8-4-7-16(21)22)17(23)20-11-13-5-3-6-14(18)10-13/h3,5-6,10,12,15,19H,4,7-9,11,18H2,1-2H3,(H,20,23)(H,21,22)/t15-/m0/s1. The van der Waals surface area contributed by atoms with Gasteiger partial charge in [-0.15, -0.1) is 0 Å². The van der Waals surface area contributed by atoms with Crippen molar-refractivity contribution in [1.82, 2.24) is 10.6 Å². The first-order valence-corrected chi connectivity index (χ1v) is 7.95. The molecule has 0 saturated heterocycles. The van der Waals surface area contributed by atoms with Crippen molar-refractivity contribution >= 4 is 17.6 Å². The molecule has 0 aliphatic heterocycles. The van der Waals surface area contributed by atoms with E-state index in [1.165, 1.54) is 0 Å². The maximum Gasteiger partial charge on any atom is 0.303 e. The van der Waals surface area contributed by atoms with Crippen LogP contribution in [0.5, 0.6) is 0 Å². The second kappa shape index (κ2) is 9.84. The Hall–Kier alpha value is -2.08. The predicted octanol–water partition coefficient (Wildman–Crippen LogP) is 1.75. The molecule has 0 aromatic heterocycles. The summed E-state index contributed by atoms with van der Waals surface area (Å²) >= 11 is 0. The maximum atomic E-state index is 12.3. The van der Waals surface area contributed by atoms with Crippen molar-refractivity contribution in [2.24, 2.45) is 5.92 Å². The number of hydrogen-bond donors (Lipinski definition) is 4. The fraction of sp³-hybridized carbons (Fsp3) is 0.529. The third-order valence-electron chi connectivity index (χ3n) is 3.40. The van der Waals surface area contributed by atoms with Crippen LogP contribution < -0.4 is 16.4 Å². The molecule has 0 fully saturated rings. The molecule has 6 nitrogen and oxygen atoms in total. The molecule has 1 aromatic rings. The number of anilines is 1. The van der Waals surface area contributed by atoms with E-state index in [4.69, 9.17) is 10.8 Å². The van der Waals surface area contributed by atoms with Gasteiger partial charge in [0, 0.05) is 18.7 Å². The highest BCUT2D eigenvalue weighted by Crippen LogP contribution is 2.08. The number of benzene rings is 1. The molecule has 1 aromatic carbocycles. The van der Waals surface area contributed by atoms with E-state index in [0.29, 0.717) is 37.5 Å². The number of carboxylic acid groups (broad SMARTS) is 1. The molecule has 0 radical (unpaired) electrons. The van der Waals surface area contributed by atoms with E-state index in [0.717, 1.165) is 5.56 Å². The lowest BCUT2D eigenvalue weighted by Crippen LogP contribution is -2.45. The topological polar surface area (TPSA) is 104 Å². The van der Waals surface area contributed by atoms with Gasteiger partial charge in [0.2, 0.25) is 5.91 Å². The Morgan fingerprint density at radius 3 is 2.65 bits per heavy atom. The lowest BCUT2D eigenvalue weighted by molar-refractivity contribution is -0.137. The van der Waals surface area contributed by atoms with E-state index in [2.05, 4.69) is 24.5 Å². The lowest BCUT2D eigenvalue weighted by Gasteiger charge is -2.20. The van der Waals surface area contributed by atoms with Gasteiger partial charge in [-0.3, -0.25) is 9.59 Å². The molecule has 0 unspecified atom stereocenters. The van der Waals surface area contributed by atoms with Crippen LogP contribution in [0.4, 0.5) is 5.69 Å². The maximum absolute atomic E-state index is 12.3. The van der Waals surface area contributed by atoms with E-state index in [1.807, 2.05) is 18.2 Å². The number of rotatable bonds is 10. The first-order valence-electron chi connectivity index (χ1n) is 7.95. The van der Waals surface area contributed by atoms with Crippen molar-refractivity contribution in [1.29, 1.82) is 0 Å². The Labute approximate surface area is 137 Å². The summed E-state index contributed by atoms with van der Waals surface area (Å²) in [6, 6.07) is 7.08. The van der Waals surface area contributed by atoms with Crippen molar-refractivity contribution in [3.63, 3.8) is 0 Å². The Morgan fingerprint density at radius 2 is 2.04 bits per heavy atom. The fourth-order valence-electron chi connectivity index (χ4n) is 2.29. The number of carbonyl (C=O) groups excluding carboxylic acids is 1. The van der Waals surface area contributed by atoms with Crippen LogP contribution in [0, 0.1) is 5.92 Å². The third kappa shape index (κ3) is 8.21. The molecule has 128 valence electrons. The molecule has 0 aliphatic carbocycles. The molecule has 1 atom stereocenters. The van der Waals surface area contributed by atoms with Crippen molar-refractivity contribution in [2.75, 3.05) is 12.3 Å². The van der Waals surface area contributed by atoms with Crippen molar-refractivity contribution in [3.05, 3.63) is 29.8 Å². The van der Waals surface area contributed by atoms with E-state index in [-0.39, 0.29) is 18.4 Å². The van der Waals surface area contributed by atoms with E-state index < -0.39 is 5.97 Å². The third-order valence-corrected chi connectivity index (χ3v) is 3.40. The summed E-state index contributed by atoms with van der Waals surface area (Å²) < 4.78 is 0. The minimum atomic E-state index is -0.821. The van der Waals surface area contributed by atoms with Gasteiger partial charge in [0.1, 0.15) is 0 Å². The summed E-state index contributed by atoms with van der Waals surface area (Å²) in [6.45, 7) is 5.04. The first-order chi connectivity index (χ1) is 10.9. The Balaban J connectivity index is 2.48. The Bertz CT molecular complexity index is 518. The zero-order valence-electron chi connectivity index (χ0n) is 13.8. The highest BCUT2D eigenvalue weighted by molar-refractivity contribution is 5.81. The SMILES string of the molecule is CC(C)C[C@H](NCCCC(=O)O)C(=O)NCc1cccc(N)c1. The van der Waals surface area contributed by atoms with Gasteiger partial charge in [-0.25, -0.2) is 0 Å². The minimum absolute atomic E-state index is 0.0727. The minimum Gasteiger partial charge on any atom is -0.481 e. The number of carboxylic acids is 1. The Morgan fingerprint density at radius 1 is 1.30 bits per heavy atom. The fourth-order valence-corrected chi connectivity index (χ4v) is 2.29. The van der Waals surface area contributed by atoms with Crippen LogP contribution in [0.1, 0.15) is 38.7 Å². The van der Waals surface area contributed by atoms with Gasteiger partial charge in [-0.05, 0) is 43.0 Å². The molecule has 0 bridgehead atoms. The highest BCUT2D eigenvalue weighted by Gasteiger charge is 2.18. The summed E-state index contributed by atoms with van der Waals surface area (Å²) in [5, 5.41) is 14.7. The number of carbonyl (C=O) groups is 2. The molecule has 0 saturated carbocycles. The summed E-state index contributed by atoms with van der Waals surface area (Å²) in [6.07, 6.45) is 1.31. The van der Waals surface area contributed by atoms with Crippen LogP contribution in [0.3, 0.4) is 0 Å². The molecule has 1 amide bonds. The van der Waals surface area contributed by atoms with Crippen LogP contribution in [0.2, 0.25) is 0 Å². The number of nitrogen functional groups attached to an aromatic ring is 1. The molecule has 5 N–H and O–H groups in total. The number of hydrogen-bond acceptors (Lipinski definition) is 4. The van der Waals surface area contributed by atoms with Crippen LogP contribution in [-0.4, -0.2) is 29.6 Å². The summed E-state index contributed by atoms with van der Waals surface area (Å²) in [5.41, 5.74) is 7.34. The zero-order chi connectivity index (χ0) is 17.2. The van der Waals surface area contributed by atoms with Crippen LogP contribution >= 0.6 is 0 Å². The molecular weight excluding hydrogens is 294 g/mol. The smallest absolute Gasteiger partial charge is 0.303 e. The van der Waals surface area contributed by atoms with Gasteiger partial charge in [-0.2, -0.15) is 0 Å². The number of nitrogens with one attached hydrogen (secondary N) is 2. The number of nitrogens with two attached hydrogens (primary N) is 1. The first kappa shape index (κ1) is 19.0. The van der Waals surface area contributed by atoms with Crippen molar-refractivity contribution in [3.8, 4) is 0 Å². The second-order valence-corrected chi connectivity index (χ2v) is 6.10. The van der Waals surface area contributed by atoms with E-state index in [1.54, 1.807) is 6.07 Å². The van der Waals surface area contributed by atoms with Gasteiger partial charge in [0.05, 0.1) is 6.04 Å². The number of amides is 1. The van der Waals surface area contributed by atoms with Gasteiger partial charge in [0.25, 0.3) is 0 Å². The van der Waals surface area contributed by atoms with Gasteiger partial charge in [-0.1, -0.05) is 26.0 Å². The van der Waals surface area contributed by atoms with Crippen LogP contribution in [-0.2, 0) is 16.1 Å². The molecule has 0 spiro atoms. The van der Waals surface area contributed by atoms with Gasteiger partial charge < -0.3 is 21.5 Å². The molecule has 6 heteroatoms. The van der Waals surface area contributed by atoms with Crippen molar-refractivity contribution in [2.45, 2.75) is 45.7 Å². The predicted molar refractivity (Wildman–Crippen MR) is 90.8 cm³/mol. The quantitative estimate of drug-likeness (QED) is 0.388. The number of aliphatic carboxylic acids is 1. The van der Waals surface area contributed by atoms with Gasteiger partial charge >= 0.3 is 5.97 Å². The molecule has 0 heterocycles. The highest BCUT2D eigenvalue weighted by atomic mass is 16.4. The van der Waals surface area contributed by atoms with Crippen LogP contribution in [0.15, 0.2) is 24.3 Å². The van der Waals surface area contributed by atoms with Crippen LogP contribution in [0.25, 0.3) is 0 Å². The largest absolute Gasteiger partial charge is 0.481 e. The Kier molecular flexibility index (Phi) is 8.11. The summed E-state index contributed by atoms with van der Waals surface area (Å²) in [5.74, 6) is -0.528. The monoisotopic (exact) mass is 321 g/mol. The molecule has 23 heavy (non-hydrogen) atoms. The van der Waals surface area contributed by atoms with Gasteiger partial charge in [0.15, 0.2) is 0 Å². The average Bonchev–Trinajstić information content (AvgIpc) is 2.47. The summed E-state index contributed by atoms with van der Waals surface area (Å²) in [7, 11) is 0. The average molecular weight is 321 g/mol. The lowest BCUT2D eigenvalue weighted by atomic mass is 10.0. The molecule has 0 aliphatic rings. The van der Waals surface area contributed by atoms with Crippen molar-refractivity contribution < 1.29 is 14.7 Å². The molecular formula is C17H27N3O3.